The molecule has 88 valence electrons. The summed E-state index contributed by atoms with van der Waals surface area (Å²) in [5.74, 6) is 1.32. The molecule has 0 aliphatic carbocycles. The zero-order valence-corrected chi connectivity index (χ0v) is 10.0. The van der Waals surface area contributed by atoms with E-state index in [4.69, 9.17) is 9.47 Å². The van der Waals surface area contributed by atoms with Gasteiger partial charge in [0, 0.05) is 6.07 Å². The molecule has 0 spiro atoms. The second-order valence-electron chi connectivity index (χ2n) is 3.83. The van der Waals surface area contributed by atoms with Gasteiger partial charge in [-0.2, -0.15) is 0 Å². The molecule has 0 saturated heterocycles. The lowest BCUT2D eigenvalue weighted by atomic mass is 10.2. The highest BCUT2D eigenvalue weighted by molar-refractivity contribution is 5.79. The average molecular weight is 222 g/mol. The molecule has 0 unspecified atom stereocenters. The number of hydrogen-bond acceptors (Lipinski definition) is 3. The lowest BCUT2D eigenvalue weighted by Crippen LogP contribution is -2.07. The van der Waals surface area contributed by atoms with Gasteiger partial charge in [-0.25, -0.2) is 0 Å². The van der Waals surface area contributed by atoms with E-state index in [2.05, 4.69) is 0 Å². The highest BCUT2D eigenvalue weighted by atomic mass is 16.5. The number of benzene rings is 1. The van der Waals surface area contributed by atoms with Gasteiger partial charge < -0.3 is 9.47 Å². The molecule has 3 nitrogen and oxygen atoms in total. The highest BCUT2D eigenvalue weighted by Gasteiger charge is 2.07. The summed E-state index contributed by atoms with van der Waals surface area (Å²) >= 11 is 0. The van der Waals surface area contributed by atoms with Crippen LogP contribution in [0.5, 0.6) is 11.5 Å². The smallest absolute Gasteiger partial charge is 0.153 e. The van der Waals surface area contributed by atoms with Crippen LogP contribution in [-0.4, -0.2) is 19.0 Å². The van der Waals surface area contributed by atoms with Crippen LogP contribution in [0.25, 0.3) is 0 Å². The molecule has 0 aliphatic rings. The van der Waals surface area contributed by atoms with Crippen molar-refractivity contribution in [2.45, 2.75) is 33.3 Å². The van der Waals surface area contributed by atoms with Crippen LogP contribution in [0.1, 0.15) is 37.6 Å². The van der Waals surface area contributed by atoms with Crippen molar-refractivity contribution in [3.63, 3.8) is 0 Å². The van der Waals surface area contributed by atoms with Gasteiger partial charge >= 0.3 is 0 Å². The van der Waals surface area contributed by atoms with E-state index in [1.54, 1.807) is 18.2 Å². The maximum atomic E-state index is 10.8. The van der Waals surface area contributed by atoms with Gasteiger partial charge in [0.1, 0.15) is 11.5 Å². The third kappa shape index (κ3) is 3.57. The lowest BCUT2D eigenvalue weighted by Gasteiger charge is -2.13. The van der Waals surface area contributed by atoms with Crippen LogP contribution in [0.2, 0.25) is 0 Å². The number of hydrogen-bond donors (Lipinski definition) is 0. The minimum Gasteiger partial charge on any atom is -0.493 e. The van der Waals surface area contributed by atoms with Crippen LogP contribution in [0.15, 0.2) is 18.2 Å². The first kappa shape index (κ1) is 12.6. The fraction of sp³-hybridized carbons (Fsp3) is 0.462. The quantitative estimate of drug-likeness (QED) is 0.694. The second kappa shape index (κ2) is 6.16. The van der Waals surface area contributed by atoms with Gasteiger partial charge in [-0.15, -0.1) is 0 Å². The predicted octanol–water partition coefficient (Wildman–Crippen LogP) is 3.08. The van der Waals surface area contributed by atoms with E-state index in [1.165, 1.54) is 0 Å². The van der Waals surface area contributed by atoms with Crippen molar-refractivity contribution in [3.05, 3.63) is 23.8 Å². The zero-order valence-electron chi connectivity index (χ0n) is 10.0. The van der Waals surface area contributed by atoms with E-state index in [-0.39, 0.29) is 6.10 Å². The summed E-state index contributed by atoms with van der Waals surface area (Å²) in [7, 11) is 0. The number of carbonyl (C=O) groups excluding carboxylic acids is 1. The Morgan fingerprint density at radius 1 is 1.38 bits per heavy atom. The van der Waals surface area contributed by atoms with Crippen molar-refractivity contribution in [2.75, 3.05) is 6.61 Å². The summed E-state index contributed by atoms with van der Waals surface area (Å²) in [6, 6.07) is 5.27. The van der Waals surface area contributed by atoms with Crippen LogP contribution in [0.3, 0.4) is 0 Å². The number of rotatable bonds is 6. The van der Waals surface area contributed by atoms with E-state index < -0.39 is 0 Å². The highest BCUT2D eigenvalue weighted by Crippen LogP contribution is 2.24. The molecule has 0 bridgehead atoms. The van der Waals surface area contributed by atoms with Gasteiger partial charge in [0.25, 0.3) is 0 Å². The molecular weight excluding hydrogens is 204 g/mol. The summed E-state index contributed by atoms with van der Waals surface area (Å²) in [6.07, 6.45) is 1.79. The Hall–Kier alpha value is -1.51. The Balaban J connectivity index is 2.87. The first-order valence-electron chi connectivity index (χ1n) is 5.56. The Kier molecular flexibility index (Phi) is 4.83. The molecule has 3 heteroatoms. The SMILES string of the molecule is CCCOc1ccc(C=O)c(OC(C)C)c1. The van der Waals surface area contributed by atoms with Crippen molar-refractivity contribution in [1.82, 2.24) is 0 Å². The van der Waals surface area contributed by atoms with Crippen LogP contribution < -0.4 is 9.47 Å². The zero-order chi connectivity index (χ0) is 12.0. The number of aldehydes is 1. The molecule has 0 saturated carbocycles. The summed E-state index contributed by atoms with van der Waals surface area (Å²) in [5.41, 5.74) is 0.553. The third-order valence-corrected chi connectivity index (χ3v) is 1.95. The Morgan fingerprint density at radius 3 is 2.69 bits per heavy atom. The monoisotopic (exact) mass is 222 g/mol. The lowest BCUT2D eigenvalue weighted by molar-refractivity contribution is 0.111. The Morgan fingerprint density at radius 2 is 2.12 bits per heavy atom. The maximum absolute atomic E-state index is 10.8. The summed E-state index contributed by atoms with van der Waals surface area (Å²) in [6.45, 7) is 6.56. The minimum atomic E-state index is 0.0418. The predicted molar refractivity (Wildman–Crippen MR) is 63.4 cm³/mol. The van der Waals surface area contributed by atoms with Crippen molar-refractivity contribution in [1.29, 1.82) is 0 Å². The Labute approximate surface area is 96.4 Å². The molecule has 0 radical (unpaired) electrons. The number of carbonyl (C=O) groups is 1. The van der Waals surface area contributed by atoms with Crippen molar-refractivity contribution >= 4 is 6.29 Å². The molecule has 16 heavy (non-hydrogen) atoms. The number of ether oxygens (including phenoxy) is 2. The van der Waals surface area contributed by atoms with E-state index in [9.17, 15) is 4.79 Å². The van der Waals surface area contributed by atoms with Crippen LogP contribution in [-0.2, 0) is 0 Å². The largest absolute Gasteiger partial charge is 0.493 e. The topological polar surface area (TPSA) is 35.5 Å². The van der Waals surface area contributed by atoms with Gasteiger partial charge in [0.15, 0.2) is 6.29 Å². The van der Waals surface area contributed by atoms with Gasteiger partial charge in [0.2, 0.25) is 0 Å². The molecule has 0 N–H and O–H groups in total. The summed E-state index contributed by atoms with van der Waals surface area (Å²) in [5, 5.41) is 0. The van der Waals surface area contributed by atoms with Crippen LogP contribution in [0.4, 0.5) is 0 Å². The molecule has 0 amide bonds. The van der Waals surface area contributed by atoms with E-state index in [1.807, 2.05) is 20.8 Å². The van der Waals surface area contributed by atoms with Crippen molar-refractivity contribution < 1.29 is 14.3 Å². The normalized spacial score (nSPS) is 10.2. The van der Waals surface area contributed by atoms with Gasteiger partial charge in [-0.3, -0.25) is 4.79 Å². The summed E-state index contributed by atoms with van der Waals surface area (Å²) < 4.78 is 11.0. The van der Waals surface area contributed by atoms with E-state index in [0.29, 0.717) is 17.9 Å². The summed E-state index contributed by atoms with van der Waals surface area (Å²) in [4.78, 5) is 10.8. The fourth-order valence-corrected chi connectivity index (χ4v) is 1.28. The molecular formula is C13H18O3. The fourth-order valence-electron chi connectivity index (χ4n) is 1.28. The molecule has 0 fully saturated rings. The van der Waals surface area contributed by atoms with Crippen molar-refractivity contribution in [2.24, 2.45) is 0 Å². The van der Waals surface area contributed by atoms with Crippen LogP contribution >= 0.6 is 0 Å². The molecule has 1 rings (SSSR count). The first-order chi connectivity index (χ1) is 7.67. The van der Waals surface area contributed by atoms with E-state index >= 15 is 0 Å². The van der Waals surface area contributed by atoms with Gasteiger partial charge in [0.05, 0.1) is 18.3 Å². The molecule has 0 heterocycles. The third-order valence-electron chi connectivity index (χ3n) is 1.95. The second-order valence-corrected chi connectivity index (χ2v) is 3.83. The molecule has 1 aromatic rings. The minimum absolute atomic E-state index is 0.0418. The average Bonchev–Trinajstić information content (AvgIpc) is 2.26. The Bertz CT molecular complexity index is 345. The van der Waals surface area contributed by atoms with Gasteiger partial charge in [-0.1, -0.05) is 6.92 Å². The molecule has 0 aromatic heterocycles. The van der Waals surface area contributed by atoms with Crippen LogP contribution in [0, 0.1) is 0 Å². The standard InChI is InChI=1S/C13H18O3/c1-4-7-15-12-6-5-11(9-14)13(8-12)16-10(2)3/h5-6,8-10H,4,7H2,1-3H3. The molecule has 0 aliphatic heterocycles. The van der Waals surface area contributed by atoms with Gasteiger partial charge in [-0.05, 0) is 32.4 Å². The van der Waals surface area contributed by atoms with Crippen molar-refractivity contribution in [3.8, 4) is 11.5 Å². The van der Waals surface area contributed by atoms with E-state index in [0.717, 1.165) is 18.5 Å². The maximum Gasteiger partial charge on any atom is 0.153 e. The first-order valence-corrected chi connectivity index (χ1v) is 5.56. The molecule has 1 aromatic carbocycles. The molecule has 0 atom stereocenters.